The van der Waals surface area contributed by atoms with Crippen molar-refractivity contribution in [2.24, 2.45) is 23.2 Å². The van der Waals surface area contributed by atoms with E-state index in [-0.39, 0.29) is 25.2 Å². The van der Waals surface area contributed by atoms with Gasteiger partial charge < -0.3 is 4.74 Å². The summed E-state index contributed by atoms with van der Waals surface area (Å²) in [5, 5.41) is 1.41. The second kappa shape index (κ2) is 6.13. The van der Waals surface area contributed by atoms with Gasteiger partial charge in [-0.3, -0.25) is 4.79 Å². The summed E-state index contributed by atoms with van der Waals surface area (Å²) < 4.78 is 5.85. The number of hydrogen-bond donors (Lipinski definition) is 0. The molecule has 4 rings (SSSR count). The lowest BCUT2D eigenvalue weighted by atomic mass is 9.45. The lowest BCUT2D eigenvalue weighted by Crippen LogP contribution is -2.60. The van der Waals surface area contributed by atoms with Crippen molar-refractivity contribution in [1.82, 2.24) is 0 Å². The minimum Gasteiger partial charge on any atom is -0.460 e. The van der Waals surface area contributed by atoms with Gasteiger partial charge in [0.05, 0.1) is 5.92 Å². The van der Waals surface area contributed by atoms with E-state index in [1.807, 2.05) is 20.8 Å². The van der Waals surface area contributed by atoms with Crippen molar-refractivity contribution >= 4 is 19.2 Å². The van der Waals surface area contributed by atoms with Crippen molar-refractivity contribution in [3.63, 3.8) is 0 Å². The molecule has 0 heterocycles. The van der Waals surface area contributed by atoms with Gasteiger partial charge in [0.2, 0.25) is 0 Å². The van der Waals surface area contributed by atoms with Gasteiger partial charge in [-0.15, -0.1) is 0 Å². The number of carbonyl (C=O) groups excluding carboxylic acids is 1. The quantitative estimate of drug-likeness (QED) is 0.579. The zero-order valence-corrected chi connectivity index (χ0v) is 16.8. The first-order valence-corrected chi connectivity index (χ1v) is 11.0. The maximum atomic E-state index is 13.1. The number of esters is 1. The van der Waals surface area contributed by atoms with E-state index < -0.39 is 5.60 Å². The predicted octanol–water partition coefficient (Wildman–Crippen LogP) is 4.82. The summed E-state index contributed by atoms with van der Waals surface area (Å²) in [5.74, 6) is 1.33. The van der Waals surface area contributed by atoms with Crippen molar-refractivity contribution in [3.05, 3.63) is 30.3 Å². The molecule has 3 aliphatic carbocycles. The van der Waals surface area contributed by atoms with E-state index in [0.717, 1.165) is 5.92 Å². The normalized spacial score (nSPS) is 32.6. The van der Waals surface area contributed by atoms with E-state index in [1.165, 1.54) is 18.1 Å². The van der Waals surface area contributed by atoms with Crippen LogP contribution in [0.5, 0.6) is 0 Å². The summed E-state index contributed by atoms with van der Waals surface area (Å²) in [6.07, 6.45) is 2.37. The molecule has 3 fully saturated rings. The zero-order valence-electron chi connectivity index (χ0n) is 15.9. The predicted molar refractivity (Wildman–Crippen MR) is 102 cm³/mol. The maximum Gasteiger partial charge on any atom is 0.310 e. The number of benzene rings is 1. The lowest BCUT2D eigenvalue weighted by Gasteiger charge is -2.62. The molecule has 0 saturated heterocycles. The Morgan fingerprint density at radius 2 is 1.79 bits per heavy atom. The standard InChI is InChI=1S/C21H31O2P/c1-20(2,3)23-19(22)18-16-12-14(21(16,4)5)13-17(18)24(6)15-10-8-7-9-11-15/h7-11,14,16-18H,12-13H2,1-6H3/t14?,16-,17-,18-,24?/m0/s1. The molecule has 5 atom stereocenters. The molecule has 0 N–H and O–H groups in total. The fraction of sp³-hybridized carbons (Fsp3) is 0.667. The third kappa shape index (κ3) is 3.15. The minimum atomic E-state index is -0.407. The Morgan fingerprint density at radius 3 is 2.33 bits per heavy atom. The van der Waals surface area contributed by atoms with Gasteiger partial charge in [0.1, 0.15) is 5.60 Å². The van der Waals surface area contributed by atoms with Gasteiger partial charge >= 0.3 is 5.97 Å². The van der Waals surface area contributed by atoms with E-state index in [1.54, 1.807) is 0 Å². The number of fused-ring (bicyclic) bond motifs is 2. The van der Waals surface area contributed by atoms with Gasteiger partial charge in [0, 0.05) is 0 Å². The van der Waals surface area contributed by atoms with Crippen LogP contribution in [-0.2, 0) is 9.53 Å². The van der Waals surface area contributed by atoms with Crippen LogP contribution in [0.3, 0.4) is 0 Å². The molecule has 3 aliphatic rings. The van der Waals surface area contributed by atoms with Gasteiger partial charge in [-0.2, -0.15) is 0 Å². The topological polar surface area (TPSA) is 26.3 Å². The molecule has 24 heavy (non-hydrogen) atoms. The summed E-state index contributed by atoms with van der Waals surface area (Å²) >= 11 is 0. The highest BCUT2D eigenvalue weighted by atomic mass is 31.1. The summed E-state index contributed by atoms with van der Waals surface area (Å²) in [6, 6.07) is 10.8. The molecule has 3 heteroatoms. The van der Waals surface area contributed by atoms with Crippen LogP contribution in [0.2, 0.25) is 0 Å². The van der Waals surface area contributed by atoms with Crippen molar-refractivity contribution in [1.29, 1.82) is 0 Å². The first kappa shape index (κ1) is 17.9. The zero-order chi connectivity index (χ0) is 17.7. The Balaban J connectivity index is 1.88. The highest BCUT2D eigenvalue weighted by molar-refractivity contribution is 7.65. The minimum absolute atomic E-state index is 0.0361. The largest absolute Gasteiger partial charge is 0.460 e. The van der Waals surface area contributed by atoms with Crippen LogP contribution in [0.1, 0.15) is 47.5 Å². The van der Waals surface area contributed by atoms with Gasteiger partial charge in [-0.25, -0.2) is 0 Å². The number of rotatable bonds is 3. The summed E-state index contributed by atoms with van der Waals surface area (Å²) in [5.41, 5.74) is 0.328. The van der Waals surface area contributed by atoms with Crippen LogP contribution in [0.4, 0.5) is 0 Å². The fourth-order valence-corrected chi connectivity index (χ4v) is 7.12. The van der Waals surface area contributed by atoms with E-state index in [2.05, 4.69) is 50.8 Å². The highest BCUT2D eigenvalue weighted by Gasteiger charge is 2.61. The van der Waals surface area contributed by atoms with Crippen LogP contribution in [0.15, 0.2) is 30.3 Å². The first-order chi connectivity index (χ1) is 11.1. The monoisotopic (exact) mass is 346 g/mol. The Bertz CT molecular complexity index is 602. The summed E-state index contributed by atoms with van der Waals surface area (Å²) in [7, 11) is -0.346. The van der Waals surface area contributed by atoms with Crippen LogP contribution < -0.4 is 5.30 Å². The molecule has 0 aliphatic heterocycles. The average molecular weight is 346 g/mol. The SMILES string of the molecule is CP(c1ccccc1)[C@H]1CC2C[C@@H]([C@@H]1C(=O)OC(C)(C)C)C2(C)C. The lowest BCUT2D eigenvalue weighted by molar-refractivity contribution is -0.179. The van der Waals surface area contributed by atoms with E-state index in [0.29, 0.717) is 11.6 Å². The molecular formula is C21H31O2P. The molecule has 2 unspecified atom stereocenters. The number of carbonyl (C=O) groups is 1. The highest BCUT2D eigenvalue weighted by Crippen LogP contribution is 2.66. The van der Waals surface area contributed by atoms with Crippen molar-refractivity contribution in [3.8, 4) is 0 Å². The Hall–Kier alpha value is -0.880. The van der Waals surface area contributed by atoms with Gasteiger partial charge in [-0.05, 0) is 68.5 Å². The molecule has 3 saturated carbocycles. The van der Waals surface area contributed by atoms with Crippen molar-refractivity contribution < 1.29 is 9.53 Å². The fourth-order valence-electron chi connectivity index (χ4n) is 4.72. The maximum absolute atomic E-state index is 13.1. The van der Waals surface area contributed by atoms with E-state index in [9.17, 15) is 4.79 Å². The van der Waals surface area contributed by atoms with Crippen molar-refractivity contribution in [2.45, 2.75) is 58.7 Å². The van der Waals surface area contributed by atoms with E-state index >= 15 is 0 Å². The van der Waals surface area contributed by atoms with Crippen molar-refractivity contribution in [2.75, 3.05) is 6.66 Å². The Labute approximate surface area is 148 Å². The van der Waals surface area contributed by atoms with E-state index in [4.69, 9.17) is 4.74 Å². The molecule has 2 nitrogen and oxygen atoms in total. The molecule has 1 aromatic rings. The molecule has 132 valence electrons. The third-order valence-electron chi connectivity index (χ3n) is 6.26. The number of ether oxygens (including phenoxy) is 1. The smallest absolute Gasteiger partial charge is 0.310 e. The van der Waals surface area contributed by atoms with Crippen LogP contribution in [0, 0.1) is 23.2 Å². The molecule has 0 amide bonds. The van der Waals surface area contributed by atoms with Gasteiger partial charge in [-0.1, -0.05) is 52.1 Å². The summed E-state index contributed by atoms with van der Waals surface area (Å²) in [4.78, 5) is 13.1. The first-order valence-electron chi connectivity index (χ1n) is 9.12. The average Bonchev–Trinajstić information content (AvgIpc) is 2.52. The molecule has 0 aromatic heterocycles. The molecule has 1 aromatic carbocycles. The Morgan fingerprint density at radius 1 is 1.17 bits per heavy atom. The second-order valence-electron chi connectivity index (χ2n) is 9.17. The number of hydrogen-bond acceptors (Lipinski definition) is 2. The van der Waals surface area contributed by atoms with Crippen LogP contribution in [-0.4, -0.2) is 23.9 Å². The molecule has 0 spiro atoms. The molecule has 0 radical (unpaired) electrons. The molecule has 2 bridgehead atoms. The third-order valence-corrected chi connectivity index (χ3v) is 8.90. The Kier molecular flexibility index (Phi) is 4.58. The second-order valence-corrected chi connectivity index (χ2v) is 11.6. The van der Waals surface area contributed by atoms with Gasteiger partial charge in [0.25, 0.3) is 0 Å². The van der Waals surface area contributed by atoms with Gasteiger partial charge in [0.15, 0.2) is 0 Å². The van der Waals surface area contributed by atoms with Crippen LogP contribution in [0.25, 0.3) is 0 Å². The summed E-state index contributed by atoms with van der Waals surface area (Å²) in [6.45, 7) is 13.0. The molecular weight excluding hydrogens is 315 g/mol. The van der Waals surface area contributed by atoms with Crippen LogP contribution >= 0.6 is 7.92 Å².